The molecule has 4 aliphatic rings. The summed E-state index contributed by atoms with van der Waals surface area (Å²) in [6.45, 7) is 4.82. The molecule has 0 saturated heterocycles. The van der Waals surface area contributed by atoms with E-state index in [0.717, 1.165) is 0 Å². The van der Waals surface area contributed by atoms with Gasteiger partial charge in [0.25, 0.3) is 13.4 Å². The fourth-order valence-electron chi connectivity index (χ4n) is 13.5. The van der Waals surface area contributed by atoms with Crippen LogP contribution in [0.25, 0.3) is 110 Å². The molecule has 13 aromatic rings. The van der Waals surface area contributed by atoms with E-state index in [1.165, 1.54) is 154 Å². The molecule has 0 spiro atoms. The van der Waals surface area contributed by atoms with Crippen molar-refractivity contribution in [3.8, 4) is 22.7 Å². The number of aryl methyl sites for hydroxylation is 2. The second-order valence-corrected chi connectivity index (χ2v) is 18.5. The molecule has 0 aliphatic carbocycles. The van der Waals surface area contributed by atoms with Gasteiger partial charge in [0.05, 0.1) is 22.1 Å². The third-order valence-corrected chi connectivity index (χ3v) is 15.6. The average Bonchev–Trinajstić information content (AvgIpc) is 4.03. The van der Waals surface area contributed by atoms with Crippen LogP contribution in [0, 0.1) is 13.8 Å². The highest BCUT2D eigenvalue weighted by Crippen LogP contribution is 2.44. The van der Waals surface area contributed by atoms with E-state index < -0.39 is 0 Å². The van der Waals surface area contributed by atoms with Crippen LogP contribution in [-0.2, 0) is 0 Å². The standard InChI is InChI=1S/C56H32B2N4/c1-29-23-47-51-49(25-29)61-45-28-46-38(27-37(45)35-15-9-19-41(55(35)61)57(51)39-17-7-13-33-31-11-3-5-21-43(31)59(47)53(33)39)36-16-10-20-42-56(36)62(46)50-26-30(2)24-48-52(50)58(42)40-18-8-14-34-32-12-4-6-22-44(32)60(48)54(34)40/h3-28H,1-2H3. The highest BCUT2D eigenvalue weighted by Gasteiger charge is 2.43. The fourth-order valence-corrected chi connectivity index (χ4v) is 13.5. The van der Waals surface area contributed by atoms with E-state index in [0.29, 0.717) is 0 Å². The molecule has 4 aliphatic heterocycles. The predicted octanol–water partition coefficient (Wildman–Crippen LogP) is 8.98. The molecule has 4 nitrogen and oxygen atoms in total. The summed E-state index contributed by atoms with van der Waals surface area (Å²) in [5, 5.41) is 10.6. The molecular weight excluding hydrogens is 750 g/mol. The summed E-state index contributed by atoms with van der Waals surface area (Å²) in [6.07, 6.45) is 0. The molecule has 0 saturated carbocycles. The van der Waals surface area contributed by atoms with Crippen LogP contribution in [0.3, 0.4) is 0 Å². The zero-order valence-electron chi connectivity index (χ0n) is 34.0. The van der Waals surface area contributed by atoms with Crippen LogP contribution in [0.2, 0.25) is 0 Å². The molecule has 0 bridgehead atoms. The van der Waals surface area contributed by atoms with E-state index in [9.17, 15) is 0 Å². The molecule has 282 valence electrons. The Bertz CT molecular complexity index is 4100. The Morgan fingerprint density at radius 2 is 0.613 bits per heavy atom. The van der Waals surface area contributed by atoms with Gasteiger partial charge in [-0.1, -0.05) is 109 Å². The molecule has 0 unspecified atom stereocenters. The molecule has 17 rings (SSSR count). The van der Waals surface area contributed by atoms with Crippen LogP contribution in [0.4, 0.5) is 0 Å². The summed E-state index contributed by atoms with van der Waals surface area (Å²) in [7, 11) is 0. The lowest BCUT2D eigenvalue weighted by atomic mass is 9.34. The van der Waals surface area contributed by atoms with E-state index in [1.54, 1.807) is 0 Å². The Morgan fingerprint density at radius 3 is 1.00 bits per heavy atom. The predicted molar refractivity (Wildman–Crippen MR) is 263 cm³/mol. The van der Waals surface area contributed by atoms with E-state index >= 15 is 0 Å². The van der Waals surface area contributed by atoms with Crippen LogP contribution >= 0.6 is 0 Å². The zero-order chi connectivity index (χ0) is 40.0. The molecule has 6 heteroatoms. The Kier molecular flexibility index (Phi) is 5.08. The second kappa shape index (κ2) is 10.1. The third-order valence-electron chi connectivity index (χ3n) is 15.6. The van der Waals surface area contributed by atoms with Crippen LogP contribution in [0.5, 0.6) is 0 Å². The Hall–Kier alpha value is -7.69. The summed E-state index contributed by atoms with van der Waals surface area (Å²) in [5.74, 6) is 0. The van der Waals surface area contributed by atoms with Crippen molar-refractivity contribution in [2.24, 2.45) is 0 Å². The van der Waals surface area contributed by atoms with Crippen molar-refractivity contribution >= 4 is 133 Å². The van der Waals surface area contributed by atoms with Crippen molar-refractivity contribution in [3.05, 3.63) is 169 Å². The lowest BCUT2D eigenvalue weighted by Crippen LogP contribution is -2.59. The fraction of sp³-hybridized carbons (Fsp3) is 0.0357. The first kappa shape index (κ1) is 31.2. The van der Waals surface area contributed by atoms with Crippen molar-refractivity contribution in [2.45, 2.75) is 13.8 Å². The Labute approximate surface area is 355 Å². The molecule has 0 N–H and O–H groups in total. The normalized spacial score (nSPS) is 13.9. The summed E-state index contributed by atoms with van der Waals surface area (Å²) in [4.78, 5) is 0. The maximum Gasteiger partial charge on any atom is 0.252 e. The molecule has 62 heavy (non-hydrogen) atoms. The minimum Gasteiger partial charge on any atom is -0.310 e. The minimum atomic E-state index is 0.133. The minimum absolute atomic E-state index is 0.133. The smallest absolute Gasteiger partial charge is 0.252 e. The van der Waals surface area contributed by atoms with Crippen LogP contribution < -0.4 is 32.8 Å². The number of rotatable bonds is 0. The molecular formula is C56H32B2N4. The maximum atomic E-state index is 2.64. The monoisotopic (exact) mass is 782 g/mol. The van der Waals surface area contributed by atoms with E-state index in [-0.39, 0.29) is 13.4 Å². The molecule has 0 fully saturated rings. The molecule has 4 aromatic heterocycles. The summed E-state index contributed by atoms with van der Waals surface area (Å²) in [5.41, 5.74) is 26.6. The first-order valence-corrected chi connectivity index (χ1v) is 22.0. The summed E-state index contributed by atoms with van der Waals surface area (Å²) < 4.78 is 10.4. The highest BCUT2D eigenvalue weighted by molar-refractivity contribution is 7.01. The molecule has 0 radical (unpaired) electrons. The van der Waals surface area contributed by atoms with E-state index in [4.69, 9.17) is 0 Å². The molecule has 9 aromatic carbocycles. The Balaban J connectivity index is 1.03. The maximum absolute atomic E-state index is 2.64. The topological polar surface area (TPSA) is 19.7 Å². The van der Waals surface area contributed by atoms with Gasteiger partial charge in [-0.3, -0.25) is 0 Å². The van der Waals surface area contributed by atoms with Crippen molar-refractivity contribution in [1.29, 1.82) is 0 Å². The Morgan fingerprint density at radius 1 is 0.290 bits per heavy atom. The third kappa shape index (κ3) is 3.24. The van der Waals surface area contributed by atoms with Crippen LogP contribution in [0.15, 0.2) is 158 Å². The van der Waals surface area contributed by atoms with Crippen LogP contribution in [-0.4, -0.2) is 31.7 Å². The number of hydrogen-bond donors (Lipinski definition) is 0. The lowest BCUT2D eigenvalue weighted by molar-refractivity contribution is 1.12. The van der Waals surface area contributed by atoms with Gasteiger partial charge in [-0.2, -0.15) is 0 Å². The van der Waals surface area contributed by atoms with Gasteiger partial charge >= 0.3 is 0 Å². The number of para-hydroxylation sites is 6. The van der Waals surface area contributed by atoms with Gasteiger partial charge in [0.15, 0.2) is 0 Å². The number of fused-ring (bicyclic) bond motifs is 20. The highest BCUT2D eigenvalue weighted by atomic mass is 15.1. The van der Waals surface area contributed by atoms with Gasteiger partial charge in [0.2, 0.25) is 0 Å². The number of benzene rings is 9. The summed E-state index contributed by atoms with van der Waals surface area (Å²) >= 11 is 0. The van der Waals surface area contributed by atoms with Gasteiger partial charge in [-0.25, -0.2) is 0 Å². The van der Waals surface area contributed by atoms with Crippen molar-refractivity contribution < 1.29 is 0 Å². The first-order valence-electron chi connectivity index (χ1n) is 22.0. The van der Waals surface area contributed by atoms with Crippen molar-refractivity contribution in [3.63, 3.8) is 0 Å². The average molecular weight is 783 g/mol. The lowest BCUT2D eigenvalue weighted by Gasteiger charge is -2.34. The number of nitrogens with zero attached hydrogens (tertiary/aromatic N) is 4. The number of aromatic nitrogens is 4. The van der Waals surface area contributed by atoms with Crippen LogP contribution in [0.1, 0.15) is 11.1 Å². The molecule has 0 amide bonds. The van der Waals surface area contributed by atoms with Gasteiger partial charge in [-0.15, -0.1) is 0 Å². The van der Waals surface area contributed by atoms with Crippen molar-refractivity contribution in [2.75, 3.05) is 0 Å². The van der Waals surface area contributed by atoms with E-state index in [2.05, 4.69) is 190 Å². The zero-order valence-corrected chi connectivity index (χ0v) is 34.0. The number of hydrogen-bond acceptors (Lipinski definition) is 0. The SMILES string of the molecule is Cc1cc2c3c(c1)-n1c4cc5c(cc4c4cccc(c41)B3c1cccc3c4ccccc4n-2c13)c1cccc2c1n5-c1cc(C)cc3c1B2c1cccc2c4ccccc4n-3c12. The quantitative estimate of drug-likeness (QED) is 0.137. The van der Waals surface area contributed by atoms with E-state index in [1.807, 2.05) is 0 Å². The van der Waals surface area contributed by atoms with Gasteiger partial charge in [-0.05, 0) is 106 Å². The van der Waals surface area contributed by atoms with Gasteiger partial charge in [0, 0.05) is 87.9 Å². The summed E-state index contributed by atoms with van der Waals surface area (Å²) in [6, 6.07) is 61.0. The largest absolute Gasteiger partial charge is 0.310 e. The van der Waals surface area contributed by atoms with Gasteiger partial charge < -0.3 is 18.3 Å². The first-order chi connectivity index (χ1) is 30.6. The van der Waals surface area contributed by atoms with Gasteiger partial charge in [0.1, 0.15) is 0 Å². The van der Waals surface area contributed by atoms with Crippen molar-refractivity contribution in [1.82, 2.24) is 18.3 Å². The second-order valence-electron chi connectivity index (χ2n) is 18.5. The molecule has 8 heterocycles. The molecule has 0 atom stereocenters.